The minimum atomic E-state index is -3.85. The second kappa shape index (κ2) is 6.62. The first-order valence-corrected chi connectivity index (χ1v) is 7.58. The van der Waals surface area contributed by atoms with Crippen molar-refractivity contribution in [2.24, 2.45) is 5.92 Å². The van der Waals surface area contributed by atoms with Gasteiger partial charge >= 0.3 is 0 Å². The fourth-order valence-corrected chi connectivity index (χ4v) is 2.37. The van der Waals surface area contributed by atoms with Crippen LogP contribution >= 0.6 is 0 Å². The zero-order chi connectivity index (χ0) is 15.3. The molecular weight excluding hydrogens is 282 g/mol. The maximum atomic E-state index is 12.0. The molecule has 0 aromatic carbocycles. The van der Waals surface area contributed by atoms with Crippen LogP contribution in [-0.2, 0) is 14.8 Å². The molecule has 1 aromatic rings. The van der Waals surface area contributed by atoms with E-state index >= 15 is 0 Å². The second-order valence-electron chi connectivity index (χ2n) is 4.76. The van der Waals surface area contributed by atoms with Gasteiger partial charge in [-0.1, -0.05) is 13.8 Å². The Morgan fingerprint density at radius 2 is 1.85 bits per heavy atom. The van der Waals surface area contributed by atoms with Gasteiger partial charge in [-0.05, 0) is 12.8 Å². The summed E-state index contributed by atoms with van der Waals surface area (Å²) in [6.45, 7) is 5.84. The van der Waals surface area contributed by atoms with Gasteiger partial charge in [0.1, 0.15) is 4.90 Å². The lowest BCUT2D eigenvalue weighted by atomic mass is 10.2. The molecule has 1 unspecified atom stereocenters. The zero-order valence-electron chi connectivity index (χ0n) is 11.6. The Balaban J connectivity index is 2.70. The molecule has 1 amide bonds. The van der Waals surface area contributed by atoms with Crippen molar-refractivity contribution < 1.29 is 13.2 Å². The maximum absolute atomic E-state index is 12.0. The van der Waals surface area contributed by atoms with Crippen LogP contribution in [0, 0.1) is 5.92 Å². The molecule has 0 aliphatic heterocycles. The predicted molar refractivity (Wildman–Crippen MR) is 74.1 cm³/mol. The molecule has 20 heavy (non-hydrogen) atoms. The Bertz CT molecular complexity index is 556. The predicted octanol–water partition coefficient (Wildman–Crippen LogP) is -0.502. The number of nitrogens with zero attached hydrogens (tertiary/aromatic N) is 2. The third kappa shape index (κ3) is 4.74. The Kier molecular flexibility index (Phi) is 5.40. The minimum Gasteiger partial charge on any atom is -0.368 e. The summed E-state index contributed by atoms with van der Waals surface area (Å²) in [5.41, 5.74) is 5.29. The highest BCUT2D eigenvalue weighted by Gasteiger charge is 2.22. The van der Waals surface area contributed by atoms with Crippen LogP contribution in [-0.4, -0.2) is 36.9 Å². The topological polar surface area (TPSA) is 127 Å². The van der Waals surface area contributed by atoms with Crippen molar-refractivity contribution in [1.82, 2.24) is 20.0 Å². The smallest absolute Gasteiger partial charge is 0.244 e. The van der Waals surface area contributed by atoms with Crippen LogP contribution < -0.4 is 15.8 Å². The molecule has 1 atom stereocenters. The van der Waals surface area contributed by atoms with Gasteiger partial charge in [-0.3, -0.25) is 4.79 Å². The number of nitrogens with one attached hydrogen (secondary N) is 2. The van der Waals surface area contributed by atoms with Crippen LogP contribution in [0.2, 0.25) is 0 Å². The Morgan fingerprint density at radius 3 is 2.35 bits per heavy atom. The molecule has 0 saturated carbocycles. The van der Waals surface area contributed by atoms with Crippen molar-refractivity contribution in [3.05, 3.63) is 12.4 Å². The number of amides is 1. The van der Waals surface area contributed by atoms with Gasteiger partial charge in [0.15, 0.2) is 0 Å². The number of nitrogen functional groups attached to an aromatic ring is 1. The average molecular weight is 301 g/mol. The number of anilines is 1. The van der Waals surface area contributed by atoms with E-state index < -0.39 is 22.0 Å². The normalized spacial score (nSPS) is 13.2. The molecule has 4 N–H and O–H groups in total. The maximum Gasteiger partial charge on any atom is 0.244 e. The molecule has 0 aliphatic rings. The summed E-state index contributed by atoms with van der Waals surface area (Å²) < 4.78 is 26.2. The van der Waals surface area contributed by atoms with E-state index in [-0.39, 0.29) is 16.8 Å². The standard InChI is InChI=1S/C11H19N5O3S/c1-7(2)4-13-10(17)8(3)16-20(18,19)9-5-14-11(12)15-6-9/h5-8,16H,4H2,1-3H3,(H,13,17)(H2,12,14,15). The van der Waals surface area contributed by atoms with Gasteiger partial charge in [0, 0.05) is 6.54 Å². The van der Waals surface area contributed by atoms with Gasteiger partial charge in [-0.15, -0.1) is 0 Å². The van der Waals surface area contributed by atoms with Gasteiger partial charge in [-0.2, -0.15) is 4.72 Å². The van der Waals surface area contributed by atoms with E-state index in [9.17, 15) is 13.2 Å². The monoisotopic (exact) mass is 301 g/mol. The van der Waals surface area contributed by atoms with Crippen molar-refractivity contribution >= 4 is 21.9 Å². The van der Waals surface area contributed by atoms with Crippen LogP contribution in [0.5, 0.6) is 0 Å². The third-order valence-electron chi connectivity index (χ3n) is 2.37. The number of hydrogen-bond donors (Lipinski definition) is 3. The number of aromatic nitrogens is 2. The number of sulfonamides is 1. The first kappa shape index (κ1) is 16.3. The van der Waals surface area contributed by atoms with E-state index in [0.29, 0.717) is 6.54 Å². The van der Waals surface area contributed by atoms with Gasteiger partial charge < -0.3 is 11.1 Å². The highest BCUT2D eigenvalue weighted by molar-refractivity contribution is 7.89. The van der Waals surface area contributed by atoms with Crippen LogP contribution in [0.3, 0.4) is 0 Å². The molecule has 0 fully saturated rings. The largest absolute Gasteiger partial charge is 0.368 e. The number of carbonyl (C=O) groups excluding carboxylic acids is 1. The summed E-state index contributed by atoms with van der Waals surface area (Å²) in [6, 6.07) is -0.892. The zero-order valence-corrected chi connectivity index (χ0v) is 12.4. The molecule has 1 rings (SSSR count). The summed E-state index contributed by atoms with van der Waals surface area (Å²) in [5, 5.41) is 2.65. The van der Waals surface area contributed by atoms with E-state index in [1.54, 1.807) is 0 Å². The van der Waals surface area contributed by atoms with Gasteiger partial charge in [0.05, 0.1) is 18.4 Å². The van der Waals surface area contributed by atoms with Crippen LogP contribution in [0.1, 0.15) is 20.8 Å². The summed E-state index contributed by atoms with van der Waals surface area (Å²) >= 11 is 0. The Hall–Kier alpha value is -1.74. The summed E-state index contributed by atoms with van der Waals surface area (Å²) in [7, 11) is -3.85. The lowest BCUT2D eigenvalue weighted by Gasteiger charge is -2.15. The summed E-state index contributed by atoms with van der Waals surface area (Å²) in [5.74, 6) is -0.126. The fraction of sp³-hybridized carbons (Fsp3) is 0.545. The van der Waals surface area contributed by atoms with Gasteiger partial charge in [0.25, 0.3) is 0 Å². The minimum absolute atomic E-state index is 0.0216. The molecule has 0 bridgehead atoms. The molecule has 112 valence electrons. The Morgan fingerprint density at radius 1 is 1.30 bits per heavy atom. The van der Waals surface area contributed by atoms with Crippen molar-refractivity contribution in [1.29, 1.82) is 0 Å². The highest BCUT2D eigenvalue weighted by atomic mass is 32.2. The first-order chi connectivity index (χ1) is 9.22. The highest BCUT2D eigenvalue weighted by Crippen LogP contribution is 2.06. The van der Waals surface area contributed by atoms with Crippen LogP contribution in [0.15, 0.2) is 17.3 Å². The second-order valence-corrected chi connectivity index (χ2v) is 6.47. The molecular formula is C11H19N5O3S. The van der Waals surface area contributed by atoms with Crippen LogP contribution in [0.25, 0.3) is 0 Å². The molecule has 8 nitrogen and oxygen atoms in total. The summed E-state index contributed by atoms with van der Waals surface area (Å²) in [6.07, 6.45) is 2.17. The SMILES string of the molecule is CC(C)CNC(=O)C(C)NS(=O)(=O)c1cnc(N)nc1. The number of hydrogen-bond acceptors (Lipinski definition) is 6. The van der Waals surface area contributed by atoms with E-state index in [4.69, 9.17) is 5.73 Å². The lowest BCUT2D eigenvalue weighted by Crippen LogP contribution is -2.45. The molecule has 1 heterocycles. The first-order valence-electron chi connectivity index (χ1n) is 6.10. The van der Waals surface area contributed by atoms with Gasteiger partial charge in [-0.25, -0.2) is 18.4 Å². The summed E-state index contributed by atoms with van der Waals surface area (Å²) in [4.78, 5) is 18.8. The average Bonchev–Trinajstić information content (AvgIpc) is 2.35. The van der Waals surface area contributed by atoms with E-state index in [0.717, 1.165) is 12.4 Å². The molecule has 0 aliphatic carbocycles. The Labute approximate surface area is 118 Å². The van der Waals surface area contributed by atoms with Crippen molar-refractivity contribution in [3.8, 4) is 0 Å². The number of rotatable bonds is 6. The fourth-order valence-electron chi connectivity index (χ4n) is 1.28. The number of carbonyl (C=O) groups is 1. The van der Waals surface area contributed by atoms with Crippen molar-refractivity contribution in [3.63, 3.8) is 0 Å². The van der Waals surface area contributed by atoms with E-state index in [1.807, 2.05) is 13.8 Å². The lowest BCUT2D eigenvalue weighted by molar-refractivity contribution is -0.122. The third-order valence-corrected chi connectivity index (χ3v) is 3.86. The molecule has 9 heteroatoms. The number of nitrogens with two attached hydrogens (primary N) is 1. The van der Waals surface area contributed by atoms with Crippen LogP contribution in [0.4, 0.5) is 5.95 Å². The van der Waals surface area contributed by atoms with E-state index in [1.165, 1.54) is 6.92 Å². The molecule has 0 saturated heterocycles. The van der Waals surface area contributed by atoms with Crippen molar-refractivity contribution in [2.75, 3.05) is 12.3 Å². The van der Waals surface area contributed by atoms with Gasteiger partial charge in [0.2, 0.25) is 21.9 Å². The molecule has 0 radical (unpaired) electrons. The molecule has 0 spiro atoms. The van der Waals surface area contributed by atoms with Crippen molar-refractivity contribution in [2.45, 2.75) is 31.7 Å². The molecule has 1 aromatic heterocycles. The quantitative estimate of drug-likeness (QED) is 0.650. The van der Waals surface area contributed by atoms with E-state index in [2.05, 4.69) is 20.0 Å².